The van der Waals surface area contributed by atoms with E-state index in [9.17, 15) is 14.3 Å². The number of nitrogens with zero attached hydrogens (tertiary/aromatic N) is 4. The Kier molecular flexibility index (Phi) is 5.29. The Balaban J connectivity index is 1.94. The maximum absolute atomic E-state index is 12.0. The lowest BCUT2D eigenvalue weighted by Crippen LogP contribution is -1.96. The molecule has 3 aromatic rings. The molecule has 1 atom stereocenters. The molecule has 0 aliphatic heterocycles. The summed E-state index contributed by atoms with van der Waals surface area (Å²) in [5.41, 5.74) is 1.49. The molecule has 0 fully saturated rings. The first kappa shape index (κ1) is 17.4. The van der Waals surface area contributed by atoms with Gasteiger partial charge in [0.2, 0.25) is 4.34 Å². The van der Waals surface area contributed by atoms with E-state index in [-0.39, 0.29) is 5.69 Å². The van der Waals surface area contributed by atoms with Gasteiger partial charge in [0.15, 0.2) is 0 Å². The van der Waals surface area contributed by atoms with Gasteiger partial charge in [-0.2, -0.15) is 0 Å². The third kappa shape index (κ3) is 3.97. The van der Waals surface area contributed by atoms with E-state index >= 15 is 0 Å². The molecule has 0 radical (unpaired) electrons. The normalized spacial score (nSPS) is 12.2. The van der Waals surface area contributed by atoms with Gasteiger partial charge < -0.3 is 4.98 Å². The van der Waals surface area contributed by atoms with E-state index in [1.807, 2.05) is 6.92 Å². The quantitative estimate of drug-likeness (QED) is 0.500. The lowest BCUT2D eigenvalue weighted by molar-refractivity contribution is -0.384. The molecule has 0 aliphatic rings. The Morgan fingerprint density at radius 1 is 1.36 bits per heavy atom. The first-order valence-corrected chi connectivity index (χ1v) is 9.70. The number of nitro benzene ring substituents is 1. The molecule has 0 bridgehead atoms. The van der Waals surface area contributed by atoms with Crippen LogP contribution in [0.15, 0.2) is 34.9 Å². The van der Waals surface area contributed by atoms with Gasteiger partial charge in [-0.15, -0.1) is 10.2 Å². The van der Waals surface area contributed by atoms with Crippen molar-refractivity contribution in [2.24, 2.45) is 0 Å². The third-order valence-electron chi connectivity index (χ3n) is 3.43. The van der Waals surface area contributed by atoms with Crippen LogP contribution in [-0.2, 0) is 17.2 Å². The molecule has 0 amide bonds. The predicted molar refractivity (Wildman–Crippen MR) is 95.0 cm³/mol. The van der Waals surface area contributed by atoms with Crippen molar-refractivity contribution in [3.8, 4) is 11.4 Å². The fourth-order valence-electron chi connectivity index (χ4n) is 2.32. The number of hydrogen-bond acceptors (Lipinski definition) is 7. The Hall–Kier alpha value is -2.46. The van der Waals surface area contributed by atoms with Gasteiger partial charge in [0, 0.05) is 42.3 Å². The van der Waals surface area contributed by atoms with Gasteiger partial charge in [-0.05, 0) is 18.1 Å². The summed E-state index contributed by atoms with van der Waals surface area (Å²) in [6, 6.07) is 4.63. The standard InChI is InChI=1S/C15H15N5O3S2/c1-2-7-25(23)15-19-18-13(24-15)9-10-8-11(20(21)22)3-4-12(10)14-16-5-6-17-14/h3-6,8H,2,7,9H2,1H3,(H,16,17). The summed E-state index contributed by atoms with van der Waals surface area (Å²) in [6.07, 6.45) is 4.47. The molecule has 10 heteroatoms. The van der Waals surface area contributed by atoms with Gasteiger partial charge in [-0.1, -0.05) is 18.3 Å². The van der Waals surface area contributed by atoms with Crippen molar-refractivity contribution in [2.45, 2.75) is 24.1 Å². The Morgan fingerprint density at radius 2 is 2.20 bits per heavy atom. The number of hydrogen-bond donors (Lipinski definition) is 1. The Bertz CT molecular complexity index is 908. The molecule has 3 rings (SSSR count). The van der Waals surface area contributed by atoms with Crippen LogP contribution in [0.5, 0.6) is 0 Å². The second kappa shape index (κ2) is 7.62. The highest BCUT2D eigenvalue weighted by molar-refractivity contribution is 7.87. The zero-order valence-electron chi connectivity index (χ0n) is 13.3. The van der Waals surface area contributed by atoms with Gasteiger partial charge in [0.1, 0.15) is 10.8 Å². The summed E-state index contributed by atoms with van der Waals surface area (Å²) in [7, 11) is -1.15. The zero-order chi connectivity index (χ0) is 17.8. The SMILES string of the molecule is CCCS(=O)c1nnc(Cc2cc([N+](=O)[O-])ccc2-c2ncc[nH]2)s1. The van der Waals surface area contributed by atoms with Crippen LogP contribution >= 0.6 is 11.3 Å². The lowest BCUT2D eigenvalue weighted by Gasteiger charge is -2.05. The highest BCUT2D eigenvalue weighted by atomic mass is 32.2. The molecule has 0 aliphatic carbocycles. The molecule has 2 aromatic heterocycles. The first-order chi connectivity index (χ1) is 12.1. The van der Waals surface area contributed by atoms with Gasteiger partial charge >= 0.3 is 0 Å². The molecule has 2 heterocycles. The molecule has 0 saturated heterocycles. The molecule has 1 unspecified atom stereocenters. The third-order valence-corrected chi connectivity index (χ3v) is 6.20. The number of benzene rings is 1. The number of aromatic nitrogens is 4. The minimum atomic E-state index is -1.15. The van der Waals surface area contributed by atoms with Crippen LogP contribution < -0.4 is 0 Å². The number of aromatic amines is 1. The van der Waals surface area contributed by atoms with Crippen LogP contribution in [0.2, 0.25) is 0 Å². The monoisotopic (exact) mass is 377 g/mol. The minimum Gasteiger partial charge on any atom is -0.345 e. The van der Waals surface area contributed by atoms with Crippen LogP contribution in [0.4, 0.5) is 5.69 Å². The number of non-ortho nitro benzene ring substituents is 1. The largest absolute Gasteiger partial charge is 0.345 e. The van der Waals surface area contributed by atoms with E-state index in [2.05, 4.69) is 20.2 Å². The maximum Gasteiger partial charge on any atom is 0.269 e. The average molecular weight is 377 g/mol. The van der Waals surface area contributed by atoms with Crippen molar-refractivity contribution >= 4 is 27.8 Å². The highest BCUT2D eigenvalue weighted by Gasteiger charge is 2.17. The second-order valence-electron chi connectivity index (χ2n) is 5.22. The van der Waals surface area contributed by atoms with Crippen molar-refractivity contribution in [1.82, 2.24) is 20.2 Å². The molecule has 130 valence electrons. The molecule has 8 nitrogen and oxygen atoms in total. The van der Waals surface area contributed by atoms with Gasteiger partial charge in [0.05, 0.1) is 15.7 Å². The Morgan fingerprint density at radius 3 is 2.88 bits per heavy atom. The van der Waals surface area contributed by atoms with E-state index in [4.69, 9.17) is 0 Å². The molecule has 0 spiro atoms. The van der Waals surface area contributed by atoms with Gasteiger partial charge in [-0.25, -0.2) is 4.98 Å². The number of H-pyrrole nitrogens is 1. The summed E-state index contributed by atoms with van der Waals surface area (Å²) in [6.45, 7) is 1.96. The minimum absolute atomic E-state index is 0.00426. The fourth-order valence-corrected chi connectivity index (χ4v) is 4.50. The van der Waals surface area contributed by atoms with Crippen molar-refractivity contribution < 1.29 is 9.13 Å². The first-order valence-electron chi connectivity index (χ1n) is 7.56. The maximum atomic E-state index is 12.0. The zero-order valence-corrected chi connectivity index (χ0v) is 15.0. The number of nitrogens with one attached hydrogen (secondary N) is 1. The van der Waals surface area contributed by atoms with E-state index in [0.717, 1.165) is 12.0 Å². The molecule has 1 N–H and O–H groups in total. The summed E-state index contributed by atoms with van der Waals surface area (Å²) in [5, 5.41) is 19.8. The molecule has 25 heavy (non-hydrogen) atoms. The smallest absolute Gasteiger partial charge is 0.269 e. The van der Waals surface area contributed by atoms with E-state index in [1.54, 1.807) is 18.5 Å². The fraction of sp³-hybridized carbons (Fsp3) is 0.267. The highest BCUT2D eigenvalue weighted by Crippen LogP contribution is 2.28. The predicted octanol–water partition coefficient (Wildman–Crippen LogP) is 2.94. The number of rotatable bonds is 7. The molecular formula is C15H15N5O3S2. The van der Waals surface area contributed by atoms with Crippen molar-refractivity contribution in [3.63, 3.8) is 0 Å². The van der Waals surface area contributed by atoms with Crippen LogP contribution in [0, 0.1) is 10.1 Å². The van der Waals surface area contributed by atoms with Crippen molar-refractivity contribution in [1.29, 1.82) is 0 Å². The topological polar surface area (TPSA) is 115 Å². The van der Waals surface area contributed by atoms with Crippen LogP contribution in [-0.4, -0.2) is 35.1 Å². The summed E-state index contributed by atoms with van der Waals surface area (Å²) < 4.78 is 12.5. The molecular weight excluding hydrogens is 362 g/mol. The van der Waals surface area contributed by atoms with Crippen molar-refractivity contribution in [3.05, 3.63) is 51.3 Å². The molecule has 1 aromatic carbocycles. The van der Waals surface area contributed by atoms with Gasteiger partial charge in [0.25, 0.3) is 5.69 Å². The van der Waals surface area contributed by atoms with E-state index in [0.29, 0.717) is 32.9 Å². The average Bonchev–Trinajstić information content (AvgIpc) is 3.26. The van der Waals surface area contributed by atoms with Crippen LogP contribution in [0.3, 0.4) is 0 Å². The van der Waals surface area contributed by atoms with Crippen molar-refractivity contribution in [2.75, 3.05) is 5.75 Å². The van der Waals surface area contributed by atoms with Crippen LogP contribution in [0.25, 0.3) is 11.4 Å². The number of imidazole rings is 1. The van der Waals surface area contributed by atoms with E-state index < -0.39 is 15.7 Å². The van der Waals surface area contributed by atoms with Crippen LogP contribution in [0.1, 0.15) is 23.9 Å². The lowest BCUT2D eigenvalue weighted by atomic mass is 10.0. The summed E-state index contributed by atoms with van der Waals surface area (Å²) in [5.74, 6) is 1.17. The summed E-state index contributed by atoms with van der Waals surface area (Å²) in [4.78, 5) is 17.9. The summed E-state index contributed by atoms with van der Waals surface area (Å²) >= 11 is 1.27. The second-order valence-corrected chi connectivity index (χ2v) is 8.03. The number of nitro groups is 1. The van der Waals surface area contributed by atoms with E-state index in [1.165, 1.54) is 23.5 Å². The van der Waals surface area contributed by atoms with Gasteiger partial charge in [-0.3, -0.25) is 14.3 Å². The molecule has 0 saturated carbocycles. The Labute approximate surface area is 150 Å².